The van der Waals surface area contributed by atoms with E-state index < -0.39 is 12.1 Å². The van der Waals surface area contributed by atoms with Crippen molar-refractivity contribution in [1.82, 2.24) is 0 Å². The average molecular weight is 350 g/mol. The molecule has 1 atom stereocenters. The van der Waals surface area contributed by atoms with Gasteiger partial charge in [-0.05, 0) is 50.7 Å². The molecule has 0 saturated heterocycles. The Labute approximate surface area is 149 Å². The van der Waals surface area contributed by atoms with Crippen LogP contribution >= 0.6 is 0 Å². The van der Waals surface area contributed by atoms with Gasteiger partial charge in [0.15, 0.2) is 11.6 Å². The van der Waals surface area contributed by atoms with Gasteiger partial charge in [-0.3, -0.25) is 14.4 Å². The van der Waals surface area contributed by atoms with Gasteiger partial charge in [-0.25, -0.2) is 0 Å². The van der Waals surface area contributed by atoms with E-state index in [1.807, 2.05) is 0 Å². The molecule has 0 aromatic rings. The summed E-state index contributed by atoms with van der Waals surface area (Å²) in [5.74, 6) is -0.762. The van der Waals surface area contributed by atoms with Gasteiger partial charge >= 0.3 is 5.97 Å². The van der Waals surface area contributed by atoms with Crippen molar-refractivity contribution in [2.24, 2.45) is 0 Å². The Morgan fingerprint density at radius 1 is 1.12 bits per heavy atom. The number of aliphatic hydroxyl groups is 1. The summed E-state index contributed by atoms with van der Waals surface area (Å²) in [4.78, 5) is 34.3. The molecule has 0 bridgehead atoms. The van der Waals surface area contributed by atoms with E-state index in [4.69, 9.17) is 5.11 Å². The van der Waals surface area contributed by atoms with Crippen LogP contribution in [0.5, 0.6) is 0 Å². The van der Waals surface area contributed by atoms with Gasteiger partial charge in [-0.1, -0.05) is 25.3 Å². The van der Waals surface area contributed by atoms with Crippen LogP contribution in [0.1, 0.15) is 77.6 Å². The van der Waals surface area contributed by atoms with Crippen LogP contribution < -0.4 is 0 Å². The molecule has 0 aliphatic heterocycles. The normalized spacial score (nSPS) is 16.0. The van der Waals surface area contributed by atoms with Gasteiger partial charge in [0, 0.05) is 24.8 Å². The maximum atomic E-state index is 12.0. The van der Waals surface area contributed by atoms with Crippen molar-refractivity contribution in [3.05, 3.63) is 23.3 Å². The Kier molecular flexibility index (Phi) is 10.0. The molecule has 0 amide bonds. The van der Waals surface area contributed by atoms with Crippen LogP contribution in [0.15, 0.2) is 23.3 Å². The Bertz CT molecular complexity index is 530. The van der Waals surface area contributed by atoms with Crippen LogP contribution in [-0.4, -0.2) is 33.9 Å². The lowest BCUT2D eigenvalue weighted by molar-refractivity contribution is -0.137. The third kappa shape index (κ3) is 8.77. The highest BCUT2D eigenvalue weighted by Gasteiger charge is 2.21. The van der Waals surface area contributed by atoms with Gasteiger partial charge in [0.05, 0.1) is 6.10 Å². The highest BCUT2D eigenvalue weighted by Crippen LogP contribution is 2.28. The number of carbonyl (C=O) groups is 3. The number of ketones is 2. The number of unbranched alkanes of at least 4 members (excludes halogenated alkanes) is 2. The van der Waals surface area contributed by atoms with Crippen molar-refractivity contribution in [1.29, 1.82) is 0 Å². The molecule has 0 aromatic carbocycles. The van der Waals surface area contributed by atoms with E-state index in [2.05, 4.69) is 6.92 Å². The molecular weight excluding hydrogens is 320 g/mol. The number of aliphatic carboxylic acids is 1. The summed E-state index contributed by atoms with van der Waals surface area (Å²) in [5, 5.41) is 18.4. The first-order valence-corrected chi connectivity index (χ1v) is 9.30. The van der Waals surface area contributed by atoms with Gasteiger partial charge in [0.2, 0.25) is 0 Å². The first-order valence-electron chi connectivity index (χ1n) is 9.30. The highest BCUT2D eigenvalue weighted by molar-refractivity contribution is 6.03. The zero-order valence-corrected chi connectivity index (χ0v) is 15.1. The fraction of sp³-hybridized carbons (Fsp3) is 0.650. The number of aliphatic hydroxyl groups excluding tert-OH is 1. The zero-order valence-electron chi connectivity index (χ0n) is 15.1. The summed E-state index contributed by atoms with van der Waals surface area (Å²) in [6.07, 6.45) is 9.47. The predicted molar refractivity (Wildman–Crippen MR) is 96.3 cm³/mol. The second kappa shape index (κ2) is 11.7. The van der Waals surface area contributed by atoms with Crippen molar-refractivity contribution in [2.45, 2.75) is 83.7 Å². The number of hydrogen-bond donors (Lipinski definition) is 2. The second-order valence-electron chi connectivity index (χ2n) is 6.68. The fourth-order valence-corrected chi connectivity index (χ4v) is 3.00. The number of carbonyl (C=O) groups excluding carboxylic acids is 2. The lowest BCUT2D eigenvalue weighted by atomic mass is 10.0. The molecule has 5 nitrogen and oxygen atoms in total. The summed E-state index contributed by atoms with van der Waals surface area (Å²) >= 11 is 0. The van der Waals surface area contributed by atoms with Gasteiger partial charge in [0.1, 0.15) is 0 Å². The van der Waals surface area contributed by atoms with Crippen LogP contribution in [0, 0.1) is 0 Å². The van der Waals surface area contributed by atoms with Crippen LogP contribution in [-0.2, 0) is 14.4 Å². The van der Waals surface area contributed by atoms with E-state index in [1.54, 1.807) is 6.08 Å². The first-order chi connectivity index (χ1) is 11.9. The minimum absolute atomic E-state index is 0.0313. The van der Waals surface area contributed by atoms with E-state index in [-0.39, 0.29) is 24.4 Å². The van der Waals surface area contributed by atoms with E-state index >= 15 is 0 Å². The topological polar surface area (TPSA) is 91.7 Å². The van der Waals surface area contributed by atoms with Gasteiger partial charge in [-0.15, -0.1) is 0 Å². The molecule has 0 saturated carbocycles. The van der Waals surface area contributed by atoms with Crippen molar-refractivity contribution < 1.29 is 24.6 Å². The molecule has 0 radical (unpaired) electrons. The van der Waals surface area contributed by atoms with Gasteiger partial charge in [0.25, 0.3) is 0 Å². The fourth-order valence-electron chi connectivity index (χ4n) is 3.00. The monoisotopic (exact) mass is 350 g/mol. The number of Topliss-reactive ketones (excluding diaryl/α,β-unsaturated/α-hetero) is 1. The second-order valence-corrected chi connectivity index (χ2v) is 6.68. The lowest BCUT2D eigenvalue weighted by Crippen LogP contribution is -2.09. The smallest absolute Gasteiger partial charge is 0.303 e. The Morgan fingerprint density at radius 2 is 1.88 bits per heavy atom. The molecule has 140 valence electrons. The summed E-state index contributed by atoms with van der Waals surface area (Å²) in [6.45, 7) is 2.09. The van der Waals surface area contributed by atoms with Crippen LogP contribution in [0.3, 0.4) is 0 Å². The minimum atomic E-state index is -0.904. The van der Waals surface area contributed by atoms with E-state index in [1.165, 1.54) is 6.08 Å². The molecule has 0 aromatic heterocycles. The quantitative estimate of drug-likeness (QED) is 0.390. The standard InChI is InChI=1S/C20H30O5/c1-2-3-4-7-16(21)10-12-18-15(9-13-19(18)23)6-5-8-17(22)11-14-20(24)25/h10,12,17,22H,2-9,11,13-14H2,1H3,(H,24,25). The first kappa shape index (κ1) is 21.3. The molecule has 25 heavy (non-hydrogen) atoms. The molecule has 1 unspecified atom stereocenters. The molecule has 2 N–H and O–H groups in total. The summed E-state index contributed by atoms with van der Waals surface area (Å²) in [5.41, 5.74) is 1.71. The third-order valence-electron chi connectivity index (χ3n) is 4.51. The molecular formula is C20H30O5. The van der Waals surface area contributed by atoms with Gasteiger partial charge in [-0.2, -0.15) is 0 Å². The van der Waals surface area contributed by atoms with Crippen LogP contribution in [0.25, 0.3) is 0 Å². The summed E-state index contributed by atoms with van der Waals surface area (Å²) in [6, 6.07) is 0. The zero-order chi connectivity index (χ0) is 18.7. The summed E-state index contributed by atoms with van der Waals surface area (Å²) in [7, 11) is 0. The molecule has 5 heteroatoms. The van der Waals surface area contributed by atoms with Crippen molar-refractivity contribution in [3.8, 4) is 0 Å². The SMILES string of the molecule is CCCCCC(=O)C=CC1=C(CCCC(O)CCC(=O)O)CCC1=O. The summed E-state index contributed by atoms with van der Waals surface area (Å²) < 4.78 is 0. The van der Waals surface area contributed by atoms with Crippen molar-refractivity contribution in [2.75, 3.05) is 0 Å². The Morgan fingerprint density at radius 3 is 2.56 bits per heavy atom. The third-order valence-corrected chi connectivity index (χ3v) is 4.51. The van der Waals surface area contributed by atoms with Crippen LogP contribution in [0.4, 0.5) is 0 Å². The maximum absolute atomic E-state index is 12.0. The Hall–Kier alpha value is -1.75. The largest absolute Gasteiger partial charge is 0.481 e. The molecule has 1 aliphatic carbocycles. The molecule has 0 fully saturated rings. The van der Waals surface area contributed by atoms with Gasteiger partial charge < -0.3 is 10.2 Å². The molecule has 1 aliphatic rings. The molecule has 0 heterocycles. The minimum Gasteiger partial charge on any atom is -0.481 e. The molecule has 1 rings (SSSR count). The van der Waals surface area contributed by atoms with E-state index in [0.29, 0.717) is 44.1 Å². The van der Waals surface area contributed by atoms with E-state index in [9.17, 15) is 19.5 Å². The number of hydrogen-bond acceptors (Lipinski definition) is 4. The predicted octanol–water partition coefficient (Wildman–Crippen LogP) is 3.75. The Balaban J connectivity index is 2.47. The van der Waals surface area contributed by atoms with Crippen LogP contribution in [0.2, 0.25) is 0 Å². The highest BCUT2D eigenvalue weighted by atomic mass is 16.4. The lowest BCUT2D eigenvalue weighted by Gasteiger charge is -2.09. The number of allylic oxidation sites excluding steroid dienone is 4. The average Bonchev–Trinajstić information content (AvgIpc) is 2.91. The number of carboxylic acid groups (broad SMARTS) is 1. The maximum Gasteiger partial charge on any atom is 0.303 e. The number of carboxylic acids is 1. The van der Waals surface area contributed by atoms with Crippen molar-refractivity contribution in [3.63, 3.8) is 0 Å². The number of rotatable bonds is 13. The van der Waals surface area contributed by atoms with Crippen molar-refractivity contribution >= 4 is 17.5 Å². The molecule has 0 spiro atoms. The van der Waals surface area contributed by atoms with E-state index in [0.717, 1.165) is 24.8 Å².